The minimum Gasteiger partial charge on any atom is -0.497 e. The van der Waals surface area contributed by atoms with Crippen molar-refractivity contribution in [1.29, 1.82) is 0 Å². The summed E-state index contributed by atoms with van der Waals surface area (Å²) in [5.74, 6) is 0.382. The molecule has 2 amide bonds. The molecule has 2 aromatic rings. The first kappa shape index (κ1) is 30.8. The number of carbonyl (C=O) groups excluding carboxylic acids is 2. The molecule has 0 bridgehead atoms. The highest BCUT2D eigenvalue weighted by Crippen LogP contribution is 2.23. The van der Waals surface area contributed by atoms with Gasteiger partial charge in [-0.25, -0.2) is 8.42 Å². The minimum atomic E-state index is -3.57. The topological polar surface area (TPSA) is 96.0 Å². The Kier molecular flexibility index (Phi) is 11.5. The fourth-order valence-electron chi connectivity index (χ4n) is 5.00. The van der Waals surface area contributed by atoms with Crippen LogP contribution in [0.1, 0.15) is 63.9 Å². The lowest BCUT2D eigenvalue weighted by atomic mass is 9.95. The summed E-state index contributed by atoms with van der Waals surface area (Å²) < 4.78 is 31.5. The summed E-state index contributed by atoms with van der Waals surface area (Å²) in [7, 11) is -1.97. The molecule has 0 aromatic heterocycles. The quantitative estimate of drug-likeness (QED) is 0.355. The average Bonchev–Trinajstić information content (AvgIpc) is 2.92. The highest BCUT2D eigenvalue weighted by molar-refractivity contribution is 7.92. The van der Waals surface area contributed by atoms with E-state index in [2.05, 4.69) is 5.32 Å². The summed E-state index contributed by atoms with van der Waals surface area (Å²) in [5.41, 5.74) is 1.37. The number of rotatable bonds is 13. The Morgan fingerprint density at radius 1 is 1.05 bits per heavy atom. The van der Waals surface area contributed by atoms with Crippen LogP contribution in [0, 0.1) is 0 Å². The summed E-state index contributed by atoms with van der Waals surface area (Å²) in [6, 6.07) is 13.5. The van der Waals surface area contributed by atoms with Crippen molar-refractivity contribution in [3.63, 3.8) is 0 Å². The Morgan fingerprint density at radius 3 is 2.26 bits per heavy atom. The normalized spacial score (nSPS) is 14.9. The molecular formula is C29H40ClN3O5S. The fourth-order valence-corrected chi connectivity index (χ4v) is 6.09. The number of methoxy groups -OCH3 is 1. The van der Waals surface area contributed by atoms with Crippen molar-refractivity contribution in [2.45, 2.75) is 76.9 Å². The van der Waals surface area contributed by atoms with E-state index in [4.69, 9.17) is 16.3 Å². The van der Waals surface area contributed by atoms with Gasteiger partial charge >= 0.3 is 0 Å². The third-order valence-corrected chi connectivity index (χ3v) is 8.56. The maximum atomic E-state index is 13.6. The molecule has 1 N–H and O–H groups in total. The molecule has 1 atom stereocenters. The highest BCUT2D eigenvalue weighted by atomic mass is 35.5. The van der Waals surface area contributed by atoms with Crippen molar-refractivity contribution in [3.05, 3.63) is 59.1 Å². The van der Waals surface area contributed by atoms with Crippen molar-refractivity contribution in [2.75, 3.05) is 24.2 Å². The number of nitrogens with one attached hydrogen (secondary N) is 1. The predicted octanol–water partition coefficient (Wildman–Crippen LogP) is 5.15. The maximum Gasteiger partial charge on any atom is 0.243 e. The van der Waals surface area contributed by atoms with Gasteiger partial charge < -0.3 is 15.0 Å². The van der Waals surface area contributed by atoms with Gasteiger partial charge in [-0.2, -0.15) is 0 Å². The third-order valence-electron chi connectivity index (χ3n) is 7.12. The summed E-state index contributed by atoms with van der Waals surface area (Å²) in [5, 5.41) is 3.69. The lowest BCUT2D eigenvalue weighted by Gasteiger charge is -2.33. The molecule has 1 fully saturated rings. The second kappa shape index (κ2) is 14.6. The first-order chi connectivity index (χ1) is 18.6. The van der Waals surface area contributed by atoms with Crippen molar-refractivity contribution >= 4 is 39.1 Å². The Morgan fingerprint density at radius 2 is 1.69 bits per heavy atom. The number of anilines is 1. The van der Waals surface area contributed by atoms with Crippen molar-refractivity contribution in [1.82, 2.24) is 10.2 Å². The van der Waals surface area contributed by atoms with Crippen LogP contribution in [0.4, 0.5) is 5.69 Å². The molecule has 3 rings (SSSR count). The monoisotopic (exact) mass is 577 g/mol. The van der Waals surface area contributed by atoms with Gasteiger partial charge in [0.05, 0.1) is 19.1 Å². The lowest BCUT2D eigenvalue weighted by molar-refractivity contribution is -0.141. The third kappa shape index (κ3) is 9.14. The van der Waals surface area contributed by atoms with Gasteiger partial charge in [-0.3, -0.25) is 13.9 Å². The first-order valence-corrected chi connectivity index (χ1v) is 15.8. The van der Waals surface area contributed by atoms with Crippen LogP contribution in [-0.2, 0) is 26.2 Å². The molecular weight excluding hydrogens is 538 g/mol. The van der Waals surface area contributed by atoms with E-state index in [0.717, 1.165) is 37.5 Å². The Hall–Kier alpha value is -2.78. The summed E-state index contributed by atoms with van der Waals surface area (Å²) >= 11 is 5.97. The predicted molar refractivity (Wildman–Crippen MR) is 156 cm³/mol. The number of ether oxygens (including phenoxy) is 1. The number of carbonyl (C=O) groups is 2. The molecule has 1 unspecified atom stereocenters. The molecule has 0 aliphatic heterocycles. The molecule has 0 heterocycles. The van der Waals surface area contributed by atoms with Crippen LogP contribution in [0.3, 0.4) is 0 Å². The van der Waals surface area contributed by atoms with Gasteiger partial charge in [-0.1, -0.05) is 49.9 Å². The molecule has 0 saturated heterocycles. The summed E-state index contributed by atoms with van der Waals surface area (Å²) in [4.78, 5) is 28.6. The van der Waals surface area contributed by atoms with E-state index in [1.165, 1.54) is 10.7 Å². The second-order valence-corrected chi connectivity index (χ2v) is 12.4. The van der Waals surface area contributed by atoms with Gasteiger partial charge in [0.1, 0.15) is 11.8 Å². The van der Waals surface area contributed by atoms with E-state index in [9.17, 15) is 18.0 Å². The van der Waals surface area contributed by atoms with Crippen LogP contribution in [-0.4, -0.2) is 57.1 Å². The van der Waals surface area contributed by atoms with Crippen molar-refractivity contribution in [2.24, 2.45) is 0 Å². The van der Waals surface area contributed by atoms with E-state index >= 15 is 0 Å². The van der Waals surface area contributed by atoms with Gasteiger partial charge in [-0.15, -0.1) is 0 Å². The van der Waals surface area contributed by atoms with Crippen molar-refractivity contribution < 1.29 is 22.7 Å². The lowest BCUT2D eigenvalue weighted by Crippen LogP contribution is -2.51. The van der Waals surface area contributed by atoms with Gasteiger partial charge in [0, 0.05) is 30.6 Å². The van der Waals surface area contributed by atoms with Gasteiger partial charge in [0.25, 0.3) is 0 Å². The zero-order chi connectivity index (χ0) is 28.4. The number of amides is 2. The minimum absolute atomic E-state index is 0.100. The summed E-state index contributed by atoms with van der Waals surface area (Å²) in [6.45, 7) is 2.31. The number of nitrogens with zero attached hydrogens (tertiary/aromatic N) is 2. The van der Waals surface area contributed by atoms with Crippen LogP contribution in [0.2, 0.25) is 5.02 Å². The van der Waals surface area contributed by atoms with Crippen molar-refractivity contribution in [3.8, 4) is 5.75 Å². The van der Waals surface area contributed by atoms with Gasteiger partial charge in [0.15, 0.2) is 0 Å². The van der Waals surface area contributed by atoms with Gasteiger partial charge in [-0.05, 0) is 67.6 Å². The highest BCUT2D eigenvalue weighted by Gasteiger charge is 2.30. The number of benzene rings is 2. The molecule has 1 saturated carbocycles. The van der Waals surface area contributed by atoms with E-state index in [-0.39, 0.29) is 37.4 Å². The molecule has 2 aromatic carbocycles. The molecule has 0 spiro atoms. The Labute approximate surface area is 237 Å². The average molecular weight is 578 g/mol. The largest absolute Gasteiger partial charge is 0.497 e. The van der Waals surface area contributed by atoms with E-state index < -0.39 is 16.1 Å². The molecule has 0 radical (unpaired) electrons. The first-order valence-electron chi connectivity index (χ1n) is 13.6. The zero-order valence-corrected chi connectivity index (χ0v) is 24.6. The zero-order valence-electron chi connectivity index (χ0n) is 23.1. The standard InChI is InChI=1S/C29H40ClN3O5S/c1-4-27(29(35)31-24-9-6-5-7-10-24)32(21-22-12-18-26(38-2)19-13-22)28(34)11-8-20-33(39(3,36)37)25-16-14-23(30)15-17-25/h12-19,24,27H,4-11,20-21H2,1-3H3,(H,31,35). The fraction of sp³-hybridized carbons (Fsp3) is 0.517. The van der Waals surface area contributed by atoms with E-state index in [1.54, 1.807) is 36.3 Å². The second-order valence-electron chi connectivity index (χ2n) is 10.1. The number of halogens is 1. The van der Waals surface area contributed by atoms with Crippen LogP contribution >= 0.6 is 11.6 Å². The number of sulfonamides is 1. The molecule has 1 aliphatic rings. The number of hydrogen-bond acceptors (Lipinski definition) is 5. The van der Waals surface area contributed by atoms with Gasteiger partial charge in [0.2, 0.25) is 21.8 Å². The Bertz CT molecular complexity index is 1180. The SMILES string of the molecule is CCC(C(=O)NC1CCCCC1)N(Cc1ccc(OC)cc1)C(=O)CCCN(c1ccc(Cl)cc1)S(C)(=O)=O. The summed E-state index contributed by atoms with van der Waals surface area (Å²) in [6.07, 6.45) is 7.31. The molecule has 1 aliphatic carbocycles. The molecule has 8 nitrogen and oxygen atoms in total. The van der Waals surface area contributed by atoms with Crippen LogP contribution < -0.4 is 14.4 Å². The smallest absolute Gasteiger partial charge is 0.243 e. The molecule has 10 heteroatoms. The van der Waals surface area contributed by atoms with Crippen LogP contribution in [0.5, 0.6) is 5.75 Å². The number of hydrogen-bond donors (Lipinski definition) is 1. The maximum absolute atomic E-state index is 13.6. The molecule has 39 heavy (non-hydrogen) atoms. The molecule has 214 valence electrons. The van der Waals surface area contributed by atoms with E-state index in [0.29, 0.717) is 29.3 Å². The van der Waals surface area contributed by atoms with Crippen LogP contribution in [0.15, 0.2) is 48.5 Å². The van der Waals surface area contributed by atoms with Crippen LogP contribution in [0.25, 0.3) is 0 Å². The Balaban J connectivity index is 1.75. The van der Waals surface area contributed by atoms with E-state index in [1.807, 2.05) is 31.2 Å².